The van der Waals surface area contributed by atoms with Crippen LogP contribution in [0.15, 0.2) is 18.2 Å². The minimum atomic E-state index is -1.01. The molecule has 5 nitrogen and oxygen atoms in total. The van der Waals surface area contributed by atoms with Crippen molar-refractivity contribution in [2.24, 2.45) is 0 Å². The number of benzene rings is 1. The summed E-state index contributed by atoms with van der Waals surface area (Å²) in [6.45, 7) is 0.884. The number of nitrogens with two attached hydrogens (primary N) is 1. The van der Waals surface area contributed by atoms with Gasteiger partial charge < -0.3 is 19.9 Å². The fourth-order valence-electron chi connectivity index (χ4n) is 2.08. The molecule has 0 atom stereocenters. The van der Waals surface area contributed by atoms with Gasteiger partial charge in [-0.3, -0.25) is 4.79 Å². The SMILES string of the molecule is COC(=O)CC1(Cc2cccc(Cl)c2N)OCCO1. The zero-order valence-corrected chi connectivity index (χ0v) is 11.4. The summed E-state index contributed by atoms with van der Waals surface area (Å²) in [6, 6.07) is 5.35. The van der Waals surface area contributed by atoms with Gasteiger partial charge in [-0.25, -0.2) is 0 Å². The summed E-state index contributed by atoms with van der Waals surface area (Å²) in [5.41, 5.74) is 7.19. The summed E-state index contributed by atoms with van der Waals surface area (Å²) in [5.74, 6) is -1.39. The molecule has 1 aliphatic rings. The molecule has 0 unspecified atom stereocenters. The molecular formula is C13H16ClNO4. The molecule has 1 aromatic rings. The largest absolute Gasteiger partial charge is 0.469 e. The molecule has 0 aliphatic carbocycles. The number of carbonyl (C=O) groups is 1. The second kappa shape index (κ2) is 5.77. The van der Waals surface area contributed by atoms with E-state index in [2.05, 4.69) is 4.74 Å². The van der Waals surface area contributed by atoms with Crippen LogP contribution in [0.4, 0.5) is 5.69 Å². The van der Waals surface area contributed by atoms with Crippen LogP contribution in [0.3, 0.4) is 0 Å². The first-order valence-corrected chi connectivity index (χ1v) is 6.32. The summed E-state index contributed by atoms with van der Waals surface area (Å²) >= 11 is 5.98. The summed E-state index contributed by atoms with van der Waals surface area (Å²) in [7, 11) is 1.33. The number of rotatable bonds is 4. The van der Waals surface area contributed by atoms with Gasteiger partial charge in [-0.15, -0.1) is 0 Å². The van der Waals surface area contributed by atoms with Gasteiger partial charge in [0.05, 0.1) is 37.5 Å². The Bertz CT molecular complexity index is 472. The Morgan fingerprint density at radius 1 is 1.47 bits per heavy atom. The molecule has 104 valence electrons. The summed E-state index contributed by atoms with van der Waals surface area (Å²) in [4.78, 5) is 11.5. The van der Waals surface area contributed by atoms with Crippen molar-refractivity contribution < 1.29 is 19.0 Å². The fourth-order valence-corrected chi connectivity index (χ4v) is 2.28. The van der Waals surface area contributed by atoms with Crippen LogP contribution in [0, 0.1) is 0 Å². The second-order valence-electron chi connectivity index (χ2n) is 4.35. The highest BCUT2D eigenvalue weighted by Gasteiger charge is 2.40. The van der Waals surface area contributed by atoms with E-state index in [0.717, 1.165) is 5.56 Å². The van der Waals surface area contributed by atoms with Crippen LogP contribution in [0.2, 0.25) is 5.02 Å². The van der Waals surface area contributed by atoms with E-state index in [1.165, 1.54) is 7.11 Å². The third-order valence-corrected chi connectivity index (χ3v) is 3.39. The van der Waals surface area contributed by atoms with Crippen molar-refractivity contribution in [3.63, 3.8) is 0 Å². The average molecular weight is 286 g/mol. The number of ether oxygens (including phenoxy) is 3. The quantitative estimate of drug-likeness (QED) is 0.674. The van der Waals surface area contributed by atoms with Crippen LogP contribution in [0.5, 0.6) is 0 Å². The Labute approximate surface area is 116 Å². The first-order valence-electron chi connectivity index (χ1n) is 5.94. The normalized spacial score (nSPS) is 17.4. The van der Waals surface area contributed by atoms with Crippen molar-refractivity contribution in [3.05, 3.63) is 28.8 Å². The molecule has 2 N–H and O–H groups in total. The van der Waals surface area contributed by atoms with Crippen molar-refractivity contribution in [2.45, 2.75) is 18.6 Å². The van der Waals surface area contributed by atoms with Crippen LogP contribution < -0.4 is 5.73 Å². The topological polar surface area (TPSA) is 70.8 Å². The molecule has 1 aromatic carbocycles. The van der Waals surface area contributed by atoms with Gasteiger partial charge in [0, 0.05) is 6.42 Å². The first kappa shape index (κ1) is 14.1. The predicted octanol–water partition coefficient (Wildman–Crippen LogP) is 1.77. The Morgan fingerprint density at radius 3 is 2.79 bits per heavy atom. The van der Waals surface area contributed by atoms with Crippen molar-refractivity contribution in [3.8, 4) is 0 Å². The van der Waals surface area contributed by atoms with E-state index in [4.69, 9.17) is 26.8 Å². The van der Waals surface area contributed by atoms with Gasteiger partial charge in [-0.05, 0) is 11.6 Å². The molecule has 1 aliphatic heterocycles. The minimum absolute atomic E-state index is 0.0233. The molecule has 2 rings (SSSR count). The maximum atomic E-state index is 11.5. The maximum Gasteiger partial charge on any atom is 0.311 e. The number of hydrogen-bond donors (Lipinski definition) is 1. The van der Waals surface area contributed by atoms with Gasteiger partial charge >= 0.3 is 5.97 Å². The fraction of sp³-hybridized carbons (Fsp3) is 0.462. The van der Waals surface area contributed by atoms with E-state index in [1.54, 1.807) is 12.1 Å². The predicted molar refractivity (Wildman–Crippen MR) is 70.8 cm³/mol. The van der Waals surface area contributed by atoms with E-state index in [1.807, 2.05) is 6.07 Å². The molecule has 1 saturated heterocycles. The number of esters is 1. The highest BCUT2D eigenvalue weighted by atomic mass is 35.5. The number of anilines is 1. The zero-order chi connectivity index (χ0) is 13.9. The van der Waals surface area contributed by atoms with Crippen LogP contribution in [0.1, 0.15) is 12.0 Å². The lowest BCUT2D eigenvalue weighted by Gasteiger charge is -2.27. The van der Waals surface area contributed by atoms with Crippen LogP contribution >= 0.6 is 11.6 Å². The van der Waals surface area contributed by atoms with E-state index < -0.39 is 5.79 Å². The Hall–Kier alpha value is -1.30. The number of halogens is 1. The zero-order valence-electron chi connectivity index (χ0n) is 10.6. The number of carbonyl (C=O) groups excluding carboxylic acids is 1. The average Bonchev–Trinajstić information content (AvgIpc) is 2.83. The van der Waals surface area contributed by atoms with Crippen molar-refractivity contribution >= 4 is 23.3 Å². The smallest absolute Gasteiger partial charge is 0.311 e. The van der Waals surface area contributed by atoms with Gasteiger partial charge in [0.1, 0.15) is 0 Å². The lowest BCUT2D eigenvalue weighted by Crippen LogP contribution is -2.36. The number of para-hydroxylation sites is 1. The number of hydrogen-bond acceptors (Lipinski definition) is 5. The highest BCUT2D eigenvalue weighted by Crippen LogP contribution is 2.32. The molecule has 0 aromatic heterocycles. The Kier molecular flexibility index (Phi) is 4.29. The van der Waals surface area contributed by atoms with Gasteiger partial charge in [0.2, 0.25) is 0 Å². The van der Waals surface area contributed by atoms with Crippen LogP contribution in [-0.2, 0) is 25.4 Å². The first-order chi connectivity index (χ1) is 9.06. The van der Waals surface area contributed by atoms with Crippen molar-refractivity contribution in [2.75, 3.05) is 26.1 Å². The van der Waals surface area contributed by atoms with E-state index in [0.29, 0.717) is 30.3 Å². The molecule has 0 amide bonds. The van der Waals surface area contributed by atoms with Crippen LogP contribution in [-0.4, -0.2) is 32.1 Å². The molecule has 0 radical (unpaired) electrons. The monoisotopic (exact) mass is 285 g/mol. The lowest BCUT2D eigenvalue weighted by molar-refractivity contribution is -0.180. The van der Waals surface area contributed by atoms with Crippen molar-refractivity contribution in [1.29, 1.82) is 0 Å². The second-order valence-corrected chi connectivity index (χ2v) is 4.76. The summed E-state index contributed by atoms with van der Waals surface area (Å²) < 4.78 is 15.9. The van der Waals surface area contributed by atoms with Gasteiger partial charge in [-0.2, -0.15) is 0 Å². The number of methoxy groups -OCH3 is 1. The third kappa shape index (κ3) is 3.18. The van der Waals surface area contributed by atoms with Gasteiger partial charge in [-0.1, -0.05) is 23.7 Å². The van der Waals surface area contributed by atoms with E-state index >= 15 is 0 Å². The van der Waals surface area contributed by atoms with Gasteiger partial charge in [0.15, 0.2) is 5.79 Å². The standard InChI is InChI=1S/C13H16ClNO4/c1-17-11(16)8-13(18-5-6-19-13)7-9-3-2-4-10(14)12(9)15/h2-4H,5-8,15H2,1H3. The van der Waals surface area contributed by atoms with E-state index in [-0.39, 0.29) is 12.4 Å². The Balaban J connectivity index is 2.21. The molecular weight excluding hydrogens is 270 g/mol. The number of nitrogen functional groups attached to an aromatic ring is 1. The highest BCUT2D eigenvalue weighted by molar-refractivity contribution is 6.33. The Morgan fingerprint density at radius 2 is 2.16 bits per heavy atom. The van der Waals surface area contributed by atoms with Crippen LogP contribution in [0.25, 0.3) is 0 Å². The lowest BCUT2D eigenvalue weighted by atomic mass is 10.0. The molecule has 6 heteroatoms. The van der Waals surface area contributed by atoms with Gasteiger partial charge in [0.25, 0.3) is 0 Å². The van der Waals surface area contributed by atoms with E-state index in [9.17, 15) is 4.79 Å². The third-order valence-electron chi connectivity index (χ3n) is 3.06. The molecule has 0 saturated carbocycles. The summed E-state index contributed by atoms with van der Waals surface area (Å²) in [5, 5.41) is 0.476. The molecule has 1 fully saturated rings. The van der Waals surface area contributed by atoms with Crippen molar-refractivity contribution in [1.82, 2.24) is 0 Å². The molecule has 0 spiro atoms. The maximum absolute atomic E-state index is 11.5. The molecule has 1 heterocycles. The summed E-state index contributed by atoms with van der Waals surface area (Å²) in [6.07, 6.45) is 0.379. The molecule has 19 heavy (non-hydrogen) atoms. The molecule has 0 bridgehead atoms. The minimum Gasteiger partial charge on any atom is -0.469 e.